The van der Waals surface area contributed by atoms with Crippen LogP contribution >= 0.6 is 39.5 Å². The van der Waals surface area contributed by atoms with Crippen LogP contribution in [0, 0.1) is 0 Å². The Bertz CT molecular complexity index is 1170. The van der Waals surface area contributed by atoms with Gasteiger partial charge in [-0.25, -0.2) is 17.5 Å². The lowest BCUT2D eigenvalue weighted by Crippen LogP contribution is -2.58. The average molecular weight is 603 g/mol. The lowest BCUT2D eigenvalue weighted by molar-refractivity contribution is -0.160. The van der Waals surface area contributed by atoms with Crippen LogP contribution in [-0.4, -0.2) is 65.3 Å². The Kier molecular flexibility index (Phi) is 8.38. The molecular weight excluding hydrogens is 579 g/mol. The molecule has 192 valence electrons. The van der Waals surface area contributed by atoms with Gasteiger partial charge in [-0.05, 0) is 53.4 Å². The first-order valence-corrected chi connectivity index (χ1v) is 13.3. The van der Waals surface area contributed by atoms with Crippen molar-refractivity contribution < 1.29 is 22.8 Å². The highest BCUT2D eigenvalue weighted by Crippen LogP contribution is 2.39. The van der Waals surface area contributed by atoms with Crippen LogP contribution in [0.5, 0.6) is 0 Å². The molecule has 0 radical (unpaired) electrons. The van der Waals surface area contributed by atoms with Crippen molar-refractivity contribution in [3.63, 3.8) is 0 Å². The second-order valence-electron chi connectivity index (χ2n) is 8.80. The lowest BCUT2D eigenvalue weighted by atomic mass is 9.93. The molecule has 4 rings (SSSR count). The Balaban J connectivity index is 1.29. The Labute approximate surface area is 225 Å². The van der Waals surface area contributed by atoms with Crippen molar-refractivity contribution in [2.45, 2.75) is 29.3 Å². The van der Waals surface area contributed by atoms with Gasteiger partial charge in [0.25, 0.3) is 11.8 Å². The highest BCUT2D eigenvalue weighted by molar-refractivity contribution is 9.10. The zero-order valence-corrected chi connectivity index (χ0v) is 22.3. The summed E-state index contributed by atoms with van der Waals surface area (Å²) >= 11 is 11.2. The van der Waals surface area contributed by atoms with Crippen LogP contribution in [-0.2, 0) is 9.59 Å². The third kappa shape index (κ3) is 6.65. The third-order valence-electron chi connectivity index (χ3n) is 6.02. The molecule has 0 aromatic heterocycles. The van der Waals surface area contributed by atoms with E-state index in [4.69, 9.17) is 11.6 Å². The summed E-state index contributed by atoms with van der Waals surface area (Å²) in [5, 5.41) is 3.12. The highest BCUT2D eigenvalue weighted by Gasteiger charge is 2.45. The van der Waals surface area contributed by atoms with Crippen LogP contribution in [0.1, 0.15) is 12.8 Å². The molecule has 2 amide bonds. The van der Waals surface area contributed by atoms with Gasteiger partial charge >= 0.3 is 0 Å². The Morgan fingerprint density at radius 3 is 2.50 bits per heavy atom. The van der Waals surface area contributed by atoms with Crippen molar-refractivity contribution in [1.29, 1.82) is 0 Å². The minimum atomic E-state index is -2.83. The maximum absolute atomic E-state index is 15.3. The van der Waals surface area contributed by atoms with Gasteiger partial charge < -0.3 is 10.2 Å². The molecule has 11 heteroatoms. The van der Waals surface area contributed by atoms with Crippen LogP contribution in [0.15, 0.2) is 64.0 Å². The molecule has 2 heterocycles. The lowest BCUT2D eigenvalue weighted by Gasteiger charge is -2.37. The minimum Gasteiger partial charge on any atom is -0.350 e. The molecule has 0 atom stereocenters. The Morgan fingerprint density at radius 1 is 1.11 bits per heavy atom. The Morgan fingerprint density at radius 2 is 1.83 bits per heavy atom. The van der Waals surface area contributed by atoms with Crippen molar-refractivity contribution in [2.75, 3.05) is 32.7 Å². The molecule has 0 aliphatic carbocycles. The predicted octanol–water partition coefficient (Wildman–Crippen LogP) is 5.73. The van der Waals surface area contributed by atoms with Crippen LogP contribution in [0.3, 0.4) is 0 Å². The molecule has 2 saturated heterocycles. The number of alkyl halides is 3. The average Bonchev–Trinajstić information content (AvgIpc) is 2.82. The summed E-state index contributed by atoms with van der Waals surface area (Å²) in [7, 11) is 0. The van der Waals surface area contributed by atoms with Crippen LogP contribution in [0.4, 0.5) is 13.2 Å². The standard InChI is InChI=1S/C25H24BrClF3N3O2S/c26-18-6-7-21(20(14-18)17-3-1-4-19(27)13-17)36-33-11-8-24(28,9-12-33)23(35)31-10-2-5-22(34)32-15-25(29,30)16-32/h1-7,13-14H,8-12,15-16H2,(H,31,35)/b5-2+. The summed E-state index contributed by atoms with van der Waals surface area (Å²) in [6, 6.07) is 13.5. The molecule has 0 bridgehead atoms. The van der Waals surface area contributed by atoms with Gasteiger partial charge in [0, 0.05) is 52.9 Å². The molecule has 2 fully saturated rings. The molecule has 2 aliphatic rings. The van der Waals surface area contributed by atoms with E-state index in [0.29, 0.717) is 18.1 Å². The SMILES string of the molecule is O=C(/C=C/CNC(=O)C1(F)CCN(Sc2ccc(Br)cc2-c2cccc(Cl)c2)CC1)N1CC(F)(F)C1. The van der Waals surface area contributed by atoms with Crippen molar-refractivity contribution >= 4 is 51.3 Å². The fraction of sp³-hybridized carbons (Fsp3) is 0.360. The van der Waals surface area contributed by atoms with E-state index < -0.39 is 36.5 Å². The quantitative estimate of drug-likeness (QED) is 0.325. The number of nitrogens with one attached hydrogen (secondary N) is 1. The summed E-state index contributed by atoms with van der Waals surface area (Å²) in [5.74, 6) is -4.12. The zero-order valence-electron chi connectivity index (χ0n) is 19.2. The molecule has 2 aromatic carbocycles. The monoisotopic (exact) mass is 601 g/mol. The van der Waals surface area contributed by atoms with E-state index in [0.717, 1.165) is 31.5 Å². The van der Waals surface area contributed by atoms with Gasteiger partial charge in [0.1, 0.15) is 0 Å². The second-order valence-corrected chi connectivity index (χ2v) is 11.3. The third-order valence-corrected chi connectivity index (χ3v) is 7.93. The van der Waals surface area contributed by atoms with Gasteiger partial charge in [0.15, 0.2) is 5.67 Å². The predicted molar refractivity (Wildman–Crippen MR) is 139 cm³/mol. The number of carbonyl (C=O) groups is 2. The number of hydrogen-bond acceptors (Lipinski definition) is 4. The topological polar surface area (TPSA) is 52.7 Å². The van der Waals surface area contributed by atoms with E-state index in [2.05, 4.69) is 21.2 Å². The maximum atomic E-state index is 15.3. The molecule has 1 N–H and O–H groups in total. The van der Waals surface area contributed by atoms with Crippen LogP contribution in [0.25, 0.3) is 11.1 Å². The molecule has 5 nitrogen and oxygen atoms in total. The zero-order chi connectivity index (χ0) is 25.9. The molecule has 0 saturated carbocycles. The molecule has 2 aliphatic heterocycles. The van der Waals surface area contributed by atoms with E-state index in [1.54, 1.807) is 0 Å². The number of amides is 2. The number of halogens is 5. The van der Waals surface area contributed by atoms with Crippen LogP contribution in [0.2, 0.25) is 5.02 Å². The fourth-order valence-corrected chi connectivity index (χ4v) is 5.60. The number of rotatable bonds is 7. The van der Waals surface area contributed by atoms with E-state index in [9.17, 15) is 18.4 Å². The van der Waals surface area contributed by atoms with Crippen molar-refractivity contribution in [3.05, 3.63) is 64.1 Å². The van der Waals surface area contributed by atoms with E-state index >= 15 is 4.39 Å². The fourth-order valence-electron chi connectivity index (χ4n) is 4.00. The summed E-state index contributed by atoms with van der Waals surface area (Å²) < 4.78 is 44.0. The van der Waals surface area contributed by atoms with Crippen molar-refractivity contribution in [1.82, 2.24) is 14.5 Å². The number of benzene rings is 2. The van der Waals surface area contributed by atoms with Gasteiger partial charge in [0.05, 0.1) is 13.1 Å². The van der Waals surface area contributed by atoms with Gasteiger partial charge in [-0.2, -0.15) is 0 Å². The van der Waals surface area contributed by atoms with Crippen molar-refractivity contribution in [2.24, 2.45) is 0 Å². The van der Waals surface area contributed by atoms with Crippen molar-refractivity contribution in [3.8, 4) is 11.1 Å². The van der Waals surface area contributed by atoms with Gasteiger partial charge in [-0.3, -0.25) is 9.59 Å². The first-order chi connectivity index (χ1) is 17.0. The number of hydrogen-bond donors (Lipinski definition) is 1. The molecule has 36 heavy (non-hydrogen) atoms. The molecule has 2 aromatic rings. The number of piperidine rings is 1. The van der Waals surface area contributed by atoms with E-state index in [1.807, 2.05) is 46.8 Å². The summed E-state index contributed by atoms with van der Waals surface area (Å²) in [6.07, 6.45) is 2.52. The van der Waals surface area contributed by atoms with Crippen LogP contribution < -0.4 is 5.32 Å². The second kappa shape index (κ2) is 11.2. The summed E-state index contributed by atoms with van der Waals surface area (Å²) in [6.45, 7) is -0.522. The van der Waals surface area contributed by atoms with Gasteiger partial charge in [-0.1, -0.05) is 45.7 Å². The Hall–Kier alpha value is -2.01. The largest absolute Gasteiger partial charge is 0.350 e. The molecule has 0 spiro atoms. The van der Waals surface area contributed by atoms with E-state index in [-0.39, 0.29) is 19.4 Å². The first-order valence-electron chi connectivity index (χ1n) is 11.3. The maximum Gasteiger partial charge on any atom is 0.282 e. The smallest absolute Gasteiger partial charge is 0.282 e. The summed E-state index contributed by atoms with van der Waals surface area (Å²) in [5.41, 5.74) is -0.0453. The molecular formula is C25H24BrClF3N3O2S. The van der Waals surface area contributed by atoms with Gasteiger partial charge in [0.2, 0.25) is 5.91 Å². The normalized spacial score (nSPS) is 19.2. The number of likely N-dealkylation sites (tertiary alicyclic amines) is 1. The minimum absolute atomic E-state index is 0.0281. The highest BCUT2D eigenvalue weighted by atomic mass is 79.9. The number of carbonyl (C=O) groups excluding carboxylic acids is 2. The number of nitrogens with zero attached hydrogens (tertiary/aromatic N) is 2. The van der Waals surface area contributed by atoms with E-state index in [1.165, 1.54) is 18.0 Å². The molecule has 0 unspecified atom stereocenters. The first kappa shape index (κ1) is 27.0. The van der Waals surface area contributed by atoms with Gasteiger partial charge in [-0.15, -0.1) is 0 Å². The summed E-state index contributed by atoms with van der Waals surface area (Å²) in [4.78, 5) is 26.2.